The highest BCUT2D eigenvalue weighted by atomic mass is 32.2. The summed E-state index contributed by atoms with van der Waals surface area (Å²) in [6.45, 7) is 2.07. The Labute approximate surface area is 73.2 Å². The first kappa shape index (κ1) is 10.8. The Morgan fingerprint density at radius 2 is 2.36 bits per heavy atom. The maximum Gasteiger partial charge on any atom is 0.109 e. The summed E-state index contributed by atoms with van der Waals surface area (Å²) in [5.74, 6) is 1.82. The SMILES string of the molecule is CC/C=C(/OC)C(N)CSC. The second kappa shape index (κ2) is 6.55. The molecule has 0 aliphatic carbocycles. The fourth-order valence-corrected chi connectivity index (χ4v) is 1.37. The minimum Gasteiger partial charge on any atom is -0.500 e. The van der Waals surface area contributed by atoms with E-state index >= 15 is 0 Å². The van der Waals surface area contributed by atoms with Crippen LogP contribution in [0, 0.1) is 0 Å². The van der Waals surface area contributed by atoms with Gasteiger partial charge in [0, 0.05) is 5.75 Å². The van der Waals surface area contributed by atoms with E-state index in [4.69, 9.17) is 10.5 Å². The van der Waals surface area contributed by atoms with E-state index < -0.39 is 0 Å². The standard InChI is InChI=1S/C8H17NOS/c1-4-5-8(10-2)7(9)6-11-3/h5,7H,4,6,9H2,1-3H3/b8-5+. The zero-order valence-electron chi connectivity index (χ0n) is 7.46. The molecule has 11 heavy (non-hydrogen) atoms. The van der Waals surface area contributed by atoms with Crippen molar-refractivity contribution in [3.8, 4) is 0 Å². The van der Waals surface area contributed by atoms with Gasteiger partial charge in [0.25, 0.3) is 0 Å². The van der Waals surface area contributed by atoms with Crippen LogP contribution in [0.25, 0.3) is 0 Å². The molecule has 1 atom stereocenters. The average molecular weight is 175 g/mol. The Kier molecular flexibility index (Phi) is 6.46. The molecular formula is C8H17NOS. The molecule has 0 fully saturated rings. The van der Waals surface area contributed by atoms with Crippen molar-refractivity contribution in [3.63, 3.8) is 0 Å². The summed E-state index contributed by atoms with van der Waals surface area (Å²) in [5, 5.41) is 0. The first-order valence-electron chi connectivity index (χ1n) is 3.74. The van der Waals surface area contributed by atoms with Gasteiger partial charge < -0.3 is 10.5 Å². The molecule has 3 heteroatoms. The Hall–Kier alpha value is -0.150. The van der Waals surface area contributed by atoms with Gasteiger partial charge in [-0.1, -0.05) is 6.92 Å². The van der Waals surface area contributed by atoms with Gasteiger partial charge in [-0.15, -0.1) is 0 Å². The monoisotopic (exact) mass is 175 g/mol. The summed E-state index contributed by atoms with van der Waals surface area (Å²) in [4.78, 5) is 0. The molecule has 0 rings (SSSR count). The predicted molar refractivity (Wildman–Crippen MR) is 51.7 cm³/mol. The first-order chi connectivity index (χ1) is 5.26. The van der Waals surface area contributed by atoms with E-state index in [1.54, 1.807) is 18.9 Å². The largest absolute Gasteiger partial charge is 0.500 e. The van der Waals surface area contributed by atoms with E-state index in [0.29, 0.717) is 0 Å². The van der Waals surface area contributed by atoms with Crippen molar-refractivity contribution in [3.05, 3.63) is 11.8 Å². The van der Waals surface area contributed by atoms with Crippen LogP contribution < -0.4 is 5.73 Å². The van der Waals surface area contributed by atoms with Crippen molar-refractivity contribution in [2.75, 3.05) is 19.1 Å². The lowest BCUT2D eigenvalue weighted by Gasteiger charge is -2.12. The zero-order valence-corrected chi connectivity index (χ0v) is 8.28. The van der Waals surface area contributed by atoms with Crippen molar-refractivity contribution in [1.29, 1.82) is 0 Å². The number of allylic oxidation sites excluding steroid dienone is 1. The lowest BCUT2D eigenvalue weighted by atomic mass is 10.2. The average Bonchev–Trinajstić information content (AvgIpc) is 2.00. The van der Waals surface area contributed by atoms with Gasteiger partial charge in [0.2, 0.25) is 0 Å². The van der Waals surface area contributed by atoms with E-state index in [0.717, 1.165) is 17.9 Å². The van der Waals surface area contributed by atoms with Gasteiger partial charge in [-0.05, 0) is 18.8 Å². The van der Waals surface area contributed by atoms with Gasteiger partial charge in [-0.3, -0.25) is 0 Å². The third-order valence-electron chi connectivity index (χ3n) is 1.35. The molecule has 66 valence electrons. The van der Waals surface area contributed by atoms with Crippen LogP contribution in [0.5, 0.6) is 0 Å². The van der Waals surface area contributed by atoms with E-state index in [9.17, 15) is 0 Å². The molecule has 0 heterocycles. The molecule has 0 saturated heterocycles. The number of rotatable bonds is 5. The topological polar surface area (TPSA) is 35.2 Å². The molecule has 0 spiro atoms. The number of methoxy groups -OCH3 is 1. The Morgan fingerprint density at radius 3 is 2.73 bits per heavy atom. The summed E-state index contributed by atoms with van der Waals surface area (Å²) >= 11 is 1.73. The summed E-state index contributed by atoms with van der Waals surface area (Å²) in [5.41, 5.74) is 5.81. The first-order valence-corrected chi connectivity index (χ1v) is 5.14. The molecule has 0 bridgehead atoms. The number of nitrogens with two attached hydrogens (primary N) is 1. The molecule has 0 radical (unpaired) electrons. The molecule has 2 N–H and O–H groups in total. The van der Waals surface area contributed by atoms with E-state index in [1.165, 1.54) is 0 Å². The van der Waals surface area contributed by atoms with Gasteiger partial charge in [-0.25, -0.2) is 0 Å². The number of ether oxygens (including phenoxy) is 1. The van der Waals surface area contributed by atoms with Gasteiger partial charge >= 0.3 is 0 Å². The van der Waals surface area contributed by atoms with Crippen LogP contribution in [0.2, 0.25) is 0 Å². The van der Waals surface area contributed by atoms with Gasteiger partial charge in [0.05, 0.1) is 13.2 Å². The molecule has 0 aromatic carbocycles. The van der Waals surface area contributed by atoms with E-state index in [2.05, 4.69) is 6.92 Å². The van der Waals surface area contributed by atoms with Crippen LogP contribution in [0.3, 0.4) is 0 Å². The van der Waals surface area contributed by atoms with Crippen LogP contribution in [-0.4, -0.2) is 25.2 Å². The minimum absolute atomic E-state index is 0.0509. The maximum atomic E-state index is 5.81. The molecule has 0 aliphatic heterocycles. The summed E-state index contributed by atoms with van der Waals surface area (Å²) in [7, 11) is 1.67. The van der Waals surface area contributed by atoms with Crippen LogP contribution in [0.4, 0.5) is 0 Å². The number of hydrogen-bond donors (Lipinski definition) is 1. The van der Waals surface area contributed by atoms with Crippen LogP contribution in [-0.2, 0) is 4.74 Å². The fourth-order valence-electron chi connectivity index (χ4n) is 0.849. The van der Waals surface area contributed by atoms with Crippen LogP contribution in [0.1, 0.15) is 13.3 Å². The van der Waals surface area contributed by atoms with Gasteiger partial charge in [-0.2, -0.15) is 11.8 Å². The quantitative estimate of drug-likeness (QED) is 0.645. The molecular weight excluding hydrogens is 158 g/mol. The molecule has 0 aliphatic rings. The second-order valence-corrected chi connectivity index (χ2v) is 3.19. The number of hydrogen-bond acceptors (Lipinski definition) is 3. The Balaban J connectivity index is 3.91. The number of thioether (sulfide) groups is 1. The smallest absolute Gasteiger partial charge is 0.109 e. The molecule has 0 aromatic heterocycles. The highest BCUT2D eigenvalue weighted by Gasteiger charge is 2.06. The lowest BCUT2D eigenvalue weighted by Crippen LogP contribution is -2.26. The van der Waals surface area contributed by atoms with E-state index in [-0.39, 0.29) is 6.04 Å². The zero-order chi connectivity index (χ0) is 8.69. The molecule has 0 amide bonds. The molecule has 0 aromatic rings. The lowest BCUT2D eigenvalue weighted by molar-refractivity contribution is 0.268. The van der Waals surface area contributed by atoms with E-state index in [1.807, 2.05) is 12.3 Å². The van der Waals surface area contributed by atoms with Crippen molar-refractivity contribution in [1.82, 2.24) is 0 Å². The van der Waals surface area contributed by atoms with Crippen LogP contribution in [0.15, 0.2) is 11.8 Å². The van der Waals surface area contributed by atoms with Gasteiger partial charge in [0.15, 0.2) is 0 Å². The maximum absolute atomic E-state index is 5.81. The van der Waals surface area contributed by atoms with Crippen molar-refractivity contribution in [2.45, 2.75) is 19.4 Å². The Bertz CT molecular complexity index is 125. The summed E-state index contributed by atoms with van der Waals surface area (Å²) in [6, 6.07) is 0.0509. The minimum atomic E-state index is 0.0509. The fraction of sp³-hybridized carbons (Fsp3) is 0.750. The predicted octanol–water partition coefficient (Wildman–Crippen LogP) is 1.62. The molecule has 0 saturated carbocycles. The molecule has 2 nitrogen and oxygen atoms in total. The highest BCUT2D eigenvalue weighted by Crippen LogP contribution is 2.06. The summed E-state index contributed by atoms with van der Waals surface area (Å²) < 4.78 is 5.13. The van der Waals surface area contributed by atoms with Crippen molar-refractivity contribution >= 4 is 11.8 Å². The molecule has 1 unspecified atom stereocenters. The Morgan fingerprint density at radius 1 is 1.73 bits per heavy atom. The summed E-state index contributed by atoms with van der Waals surface area (Å²) in [6.07, 6.45) is 5.05. The third kappa shape index (κ3) is 4.32. The second-order valence-electron chi connectivity index (χ2n) is 2.28. The van der Waals surface area contributed by atoms with Crippen molar-refractivity contribution in [2.24, 2.45) is 5.73 Å². The normalized spacial score (nSPS) is 14.7. The third-order valence-corrected chi connectivity index (χ3v) is 2.05. The highest BCUT2D eigenvalue weighted by molar-refractivity contribution is 7.98. The van der Waals surface area contributed by atoms with Crippen molar-refractivity contribution < 1.29 is 4.74 Å². The van der Waals surface area contributed by atoms with Gasteiger partial charge in [0.1, 0.15) is 5.76 Å². The van der Waals surface area contributed by atoms with Crippen LogP contribution >= 0.6 is 11.8 Å².